The normalized spacial score (nSPS) is 31.9. The molecule has 2 bridgehead atoms. The molecule has 2 atom stereocenters. The molecule has 0 radical (unpaired) electrons. The van der Waals surface area contributed by atoms with Crippen LogP contribution < -0.4 is 5.32 Å². The van der Waals surface area contributed by atoms with Gasteiger partial charge in [0.25, 0.3) is 5.91 Å². The molecule has 1 heterocycles. The van der Waals surface area contributed by atoms with Crippen LogP contribution in [0.4, 0.5) is 4.39 Å². The van der Waals surface area contributed by atoms with E-state index in [2.05, 4.69) is 5.32 Å². The number of amides is 1. The first-order chi connectivity index (χ1) is 10.2. The summed E-state index contributed by atoms with van der Waals surface area (Å²) < 4.78 is 18.4. The van der Waals surface area contributed by atoms with E-state index in [9.17, 15) is 14.0 Å². The van der Waals surface area contributed by atoms with E-state index in [4.69, 9.17) is 4.74 Å². The summed E-state index contributed by atoms with van der Waals surface area (Å²) >= 11 is 0. The van der Waals surface area contributed by atoms with E-state index >= 15 is 0 Å². The summed E-state index contributed by atoms with van der Waals surface area (Å²) in [7, 11) is 0. The maximum absolute atomic E-state index is 12.9. The van der Waals surface area contributed by atoms with Gasteiger partial charge in [0.15, 0.2) is 5.60 Å². The number of carbonyl (C=O) groups is 2. The first-order valence-electron chi connectivity index (χ1n) is 7.49. The molecule has 1 aromatic carbocycles. The lowest BCUT2D eigenvalue weighted by molar-refractivity contribution is -0.168. The maximum Gasteiger partial charge on any atom is 0.313 e. The number of halogens is 1. The van der Waals surface area contributed by atoms with Crippen molar-refractivity contribution in [3.8, 4) is 0 Å². The van der Waals surface area contributed by atoms with Gasteiger partial charge in [-0.1, -0.05) is 26.0 Å². The minimum Gasteiger partial charge on any atom is -0.448 e. The van der Waals surface area contributed by atoms with Crippen molar-refractivity contribution in [3.63, 3.8) is 0 Å². The molecule has 2 aliphatic rings. The Balaban J connectivity index is 1.78. The fraction of sp³-hybridized carbons (Fsp3) is 0.529. The molecule has 3 rings (SSSR count). The average Bonchev–Trinajstić information content (AvgIpc) is 2.77. The molecule has 1 amide bonds. The van der Waals surface area contributed by atoms with Crippen LogP contribution in [0, 0.1) is 16.6 Å². The zero-order chi connectivity index (χ0) is 16.2. The van der Waals surface area contributed by atoms with E-state index in [1.165, 1.54) is 12.1 Å². The predicted molar refractivity (Wildman–Crippen MR) is 78.2 cm³/mol. The first kappa shape index (κ1) is 15.0. The van der Waals surface area contributed by atoms with Crippen LogP contribution in [-0.2, 0) is 20.9 Å². The Bertz CT molecular complexity index is 640. The number of esters is 1. The number of carbonyl (C=O) groups excluding carboxylic acids is 2. The Morgan fingerprint density at radius 2 is 1.86 bits per heavy atom. The number of hydrogen-bond acceptors (Lipinski definition) is 3. The summed E-state index contributed by atoms with van der Waals surface area (Å²) in [5, 5.41) is 2.83. The van der Waals surface area contributed by atoms with Crippen molar-refractivity contribution in [1.29, 1.82) is 0 Å². The molecule has 1 aliphatic carbocycles. The molecule has 1 N–H and O–H groups in total. The lowest BCUT2D eigenvalue weighted by Crippen LogP contribution is -2.53. The monoisotopic (exact) mass is 305 g/mol. The Morgan fingerprint density at radius 1 is 1.23 bits per heavy atom. The molecule has 2 fully saturated rings. The Kier molecular flexibility index (Phi) is 3.10. The van der Waals surface area contributed by atoms with Crippen LogP contribution in [0.1, 0.15) is 39.2 Å². The van der Waals surface area contributed by atoms with Crippen molar-refractivity contribution in [2.75, 3.05) is 0 Å². The third kappa shape index (κ3) is 1.74. The van der Waals surface area contributed by atoms with Gasteiger partial charge in [0, 0.05) is 12.0 Å². The minimum absolute atomic E-state index is 0.267. The highest BCUT2D eigenvalue weighted by Gasteiger charge is 2.75. The van der Waals surface area contributed by atoms with Crippen LogP contribution in [0.15, 0.2) is 24.3 Å². The van der Waals surface area contributed by atoms with Crippen LogP contribution in [0.2, 0.25) is 0 Å². The number of fused-ring (bicyclic) bond motifs is 2. The molecule has 1 aliphatic heterocycles. The minimum atomic E-state index is -1.10. The fourth-order valence-corrected chi connectivity index (χ4v) is 3.67. The number of hydrogen-bond donors (Lipinski definition) is 1. The van der Waals surface area contributed by atoms with Gasteiger partial charge in [-0.2, -0.15) is 0 Å². The lowest BCUT2D eigenvalue weighted by Gasteiger charge is -2.35. The van der Waals surface area contributed by atoms with Crippen LogP contribution in [0.3, 0.4) is 0 Å². The zero-order valence-corrected chi connectivity index (χ0v) is 13.0. The van der Waals surface area contributed by atoms with Crippen molar-refractivity contribution in [2.24, 2.45) is 10.8 Å². The van der Waals surface area contributed by atoms with Gasteiger partial charge in [0.05, 0.1) is 5.41 Å². The van der Waals surface area contributed by atoms with Crippen LogP contribution in [0.5, 0.6) is 0 Å². The summed E-state index contributed by atoms with van der Waals surface area (Å²) in [4.78, 5) is 24.9. The van der Waals surface area contributed by atoms with Gasteiger partial charge in [0.2, 0.25) is 0 Å². The van der Waals surface area contributed by atoms with Gasteiger partial charge in [-0.25, -0.2) is 4.39 Å². The van der Waals surface area contributed by atoms with Gasteiger partial charge in [-0.05, 0) is 37.5 Å². The quantitative estimate of drug-likeness (QED) is 0.873. The lowest BCUT2D eigenvalue weighted by atomic mass is 9.66. The predicted octanol–water partition coefficient (Wildman–Crippen LogP) is 2.56. The van der Waals surface area contributed by atoms with E-state index in [0.717, 1.165) is 5.56 Å². The van der Waals surface area contributed by atoms with E-state index in [1.807, 2.05) is 20.8 Å². The van der Waals surface area contributed by atoms with Crippen LogP contribution >= 0.6 is 0 Å². The molecule has 0 aromatic heterocycles. The number of benzene rings is 1. The highest BCUT2D eigenvalue weighted by atomic mass is 19.1. The fourth-order valence-electron chi connectivity index (χ4n) is 3.67. The van der Waals surface area contributed by atoms with Crippen molar-refractivity contribution in [2.45, 2.75) is 45.8 Å². The summed E-state index contributed by atoms with van der Waals surface area (Å²) in [6, 6.07) is 5.95. The molecule has 0 unspecified atom stereocenters. The molecule has 4 nitrogen and oxygen atoms in total. The van der Waals surface area contributed by atoms with E-state index in [1.54, 1.807) is 12.1 Å². The van der Waals surface area contributed by atoms with E-state index < -0.39 is 16.4 Å². The Labute approximate surface area is 129 Å². The number of nitrogens with one attached hydrogen (secondary N) is 1. The second-order valence-electron chi connectivity index (χ2n) is 6.98. The molecule has 22 heavy (non-hydrogen) atoms. The second kappa shape index (κ2) is 4.54. The molecule has 1 aromatic rings. The highest BCUT2D eigenvalue weighted by Crippen LogP contribution is 2.65. The Morgan fingerprint density at radius 3 is 2.36 bits per heavy atom. The van der Waals surface area contributed by atoms with Gasteiger partial charge in [-0.15, -0.1) is 0 Å². The molecular formula is C17H20FNO3. The average molecular weight is 305 g/mol. The van der Waals surface area contributed by atoms with Gasteiger partial charge in [0.1, 0.15) is 5.82 Å². The Hall–Kier alpha value is -1.91. The van der Waals surface area contributed by atoms with E-state index in [0.29, 0.717) is 12.8 Å². The SMILES string of the molecule is CC1(C)[C@@]2(C(=O)NCc3ccc(F)cc3)CC[C@]1(C)C(=O)O2. The van der Waals surface area contributed by atoms with Gasteiger partial charge < -0.3 is 10.1 Å². The molecule has 5 heteroatoms. The number of rotatable bonds is 3. The smallest absolute Gasteiger partial charge is 0.313 e. The highest BCUT2D eigenvalue weighted by molar-refractivity contribution is 5.96. The van der Waals surface area contributed by atoms with Crippen molar-refractivity contribution in [1.82, 2.24) is 5.32 Å². The molecule has 118 valence electrons. The third-order valence-electron chi connectivity index (χ3n) is 5.82. The van der Waals surface area contributed by atoms with Gasteiger partial charge in [-0.3, -0.25) is 9.59 Å². The van der Waals surface area contributed by atoms with Crippen molar-refractivity contribution >= 4 is 11.9 Å². The van der Waals surface area contributed by atoms with Crippen LogP contribution in [0.25, 0.3) is 0 Å². The van der Waals surface area contributed by atoms with Crippen LogP contribution in [-0.4, -0.2) is 17.5 Å². The summed E-state index contributed by atoms with van der Waals surface area (Å²) in [5.74, 6) is -0.872. The van der Waals surface area contributed by atoms with E-state index in [-0.39, 0.29) is 24.2 Å². The standard InChI is InChI=1S/C17H20FNO3/c1-15(2)16(3)8-9-17(15,22-14(16)21)13(20)19-10-11-4-6-12(18)7-5-11/h4-7H,8-10H2,1-3H3,(H,19,20)/t16-,17+/m1/s1. The summed E-state index contributed by atoms with van der Waals surface area (Å²) in [6.45, 7) is 5.99. The zero-order valence-electron chi connectivity index (χ0n) is 13.0. The molecule has 1 saturated heterocycles. The maximum atomic E-state index is 12.9. The second-order valence-corrected chi connectivity index (χ2v) is 6.98. The van der Waals surface area contributed by atoms with Gasteiger partial charge >= 0.3 is 5.97 Å². The summed E-state index contributed by atoms with van der Waals surface area (Å²) in [5.41, 5.74) is -1.46. The first-order valence-corrected chi connectivity index (χ1v) is 7.49. The number of ether oxygens (including phenoxy) is 1. The molecule has 1 saturated carbocycles. The third-order valence-corrected chi connectivity index (χ3v) is 5.82. The topological polar surface area (TPSA) is 55.4 Å². The molecule has 0 spiro atoms. The van der Waals surface area contributed by atoms with Crippen molar-refractivity contribution in [3.05, 3.63) is 35.6 Å². The molecular weight excluding hydrogens is 285 g/mol. The largest absolute Gasteiger partial charge is 0.448 e. The van der Waals surface area contributed by atoms with Crippen molar-refractivity contribution < 1.29 is 18.7 Å². The summed E-state index contributed by atoms with van der Waals surface area (Å²) in [6.07, 6.45) is 1.19.